The molecule has 0 amide bonds. The molecule has 1 N–H and O–H groups in total. The standard InChI is InChI=1S/C16H20O3/c17-15(18)12-6-2-3-7-13(12)19-14-8-11-16(14)9-4-1-5-10-16/h2-3,6-7,14H,1,4-5,8-11H2,(H,17,18). The van der Waals surface area contributed by atoms with Crippen LogP contribution in [0.4, 0.5) is 0 Å². The van der Waals surface area contributed by atoms with Crippen LogP contribution in [0.5, 0.6) is 5.75 Å². The SMILES string of the molecule is O=C(O)c1ccccc1OC1CCC12CCCCC2. The van der Waals surface area contributed by atoms with E-state index in [4.69, 9.17) is 4.74 Å². The molecule has 0 heterocycles. The number of hydrogen-bond donors (Lipinski definition) is 1. The van der Waals surface area contributed by atoms with E-state index in [-0.39, 0.29) is 11.7 Å². The Kier molecular flexibility index (Phi) is 3.21. The Morgan fingerprint density at radius 3 is 2.53 bits per heavy atom. The van der Waals surface area contributed by atoms with Crippen molar-refractivity contribution < 1.29 is 14.6 Å². The summed E-state index contributed by atoms with van der Waals surface area (Å²) in [5.41, 5.74) is 0.615. The number of para-hydroxylation sites is 1. The summed E-state index contributed by atoms with van der Waals surface area (Å²) < 4.78 is 6.06. The molecule has 3 nitrogen and oxygen atoms in total. The number of ether oxygens (including phenoxy) is 1. The Morgan fingerprint density at radius 1 is 1.16 bits per heavy atom. The van der Waals surface area contributed by atoms with Crippen molar-refractivity contribution in [2.75, 3.05) is 0 Å². The highest BCUT2D eigenvalue weighted by Gasteiger charge is 2.48. The van der Waals surface area contributed by atoms with Gasteiger partial charge in [0.15, 0.2) is 0 Å². The molecule has 2 saturated carbocycles. The van der Waals surface area contributed by atoms with Gasteiger partial charge in [-0.3, -0.25) is 0 Å². The average molecular weight is 260 g/mol. The minimum atomic E-state index is -0.910. The van der Waals surface area contributed by atoms with Crippen LogP contribution in [0.15, 0.2) is 24.3 Å². The molecule has 1 unspecified atom stereocenters. The predicted molar refractivity (Wildman–Crippen MR) is 72.6 cm³/mol. The minimum absolute atomic E-state index is 0.216. The molecule has 102 valence electrons. The number of aromatic carboxylic acids is 1. The summed E-state index contributed by atoms with van der Waals surface area (Å²) in [6.45, 7) is 0. The van der Waals surface area contributed by atoms with E-state index < -0.39 is 5.97 Å². The summed E-state index contributed by atoms with van der Waals surface area (Å²) in [7, 11) is 0. The van der Waals surface area contributed by atoms with Crippen LogP contribution < -0.4 is 4.74 Å². The van der Waals surface area contributed by atoms with Gasteiger partial charge >= 0.3 is 5.97 Å². The number of hydrogen-bond acceptors (Lipinski definition) is 2. The number of benzene rings is 1. The fourth-order valence-electron chi connectivity index (χ4n) is 3.58. The molecular formula is C16H20O3. The number of carbonyl (C=O) groups is 1. The molecule has 3 heteroatoms. The summed E-state index contributed by atoms with van der Waals surface area (Å²) in [5.74, 6) is -0.378. The van der Waals surface area contributed by atoms with Crippen LogP contribution >= 0.6 is 0 Å². The minimum Gasteiger partial charge on any atom is -0.489 e. The molecule has 1 spiro atoms. The van der Waals surface area contributed by atoms with Gasteiger partial charge in [-0.25, -0.2) is 4.79 Å². The topological polar surface area (TPSA) is 46.5 Å². The molecule has 1 aromatic rings. The van der Waals surface area contributed by atoms with Gasteiger partial charge in [-0.05, 0) is 37.8 Å². The lowest BCUT2D eigenvalue weighted by molar-refractivity contribution is -0.0706. The fraction of sp³-hybridized carbons (Fsp3) is 0.562. The second-order valence-corrected chi connectivity index (χ2v) is 5.87. The molecule has 0 saturated heterocycles. The lowest BCUT2D eigenvalue weighted by atomic mass is 9.58. The maximum atomic E-state index is 11.2. The molecule has 0 aromatic heterocycles. The van der Waals surface area contributed by atoms with Crippen molar-refractivity contribution in [3.63, 3.8) is 0 Å². The smallest absolute Gasteiger partial charge is 0.339 e. The number of rotatable bonds is 3. The monoisotopic (exact) mass is 260 g/mol. The van der Waals surface area contributed by atoms with Crippen molar-refractivity contribution in [1.29, 1.82) is 0 Å². The first-order valence-corrected chi connectivity index (χ1v) is 7.20. The molecule has 2 fully saturated rings. The third-order valence-corrected chi connectivity index (χ3v) is 4.82. The highest BCUT2D eigenvalue weighted by Crippen LogP contribution is 2.53. The van der Waals surface area contributed by atoms with E-state index in [9.17, 15) is 9.90 Å². The average Bonchev–Trinajstić information content (AvgIpc) is 2.45. The fourth-order valence-corrected chi connectivity index (χ4v) is 3.58. The van der Waals surface area contributed by atoms with Crippen LogP contribution in [0, 0.1) is 5.41 Å². The second kappa shape index (κ2) is 4.87. The Hall–Kier alpha value is -1.51. The Labute approximate surface area is 113 Å². The summed E-state index contributed by atoms with van der Waals surface area (Å²) in [6, 6.07) is 6.98. The van der Waals surface area contributed by atoms with Gasteiger partial charge in [0.25, 0.3) is 0 Å². The summed E-state index contributed by atoms with van der Waals surface area (Å²) in [4.78, 5) is 11.2. The van der Waals surface area contributed by atoms with Crippen molar-refractivity contribution in [2.24, 2.45) is 5.41 Å². The lowest BCUT2D eigenvalue weighted by Crippen LogP contribution is -2.49. The quantitative estimate of drug-likeness (QED) is 0.897. The molecule has 2 aliphatic carbocycles. The summed E-state index contributed by atoms with van der Waals surface area (Å²) >= 11 is 0. The van der Waals surface area contributed by atoms with Crippen molar-refractivity contribution in [2.45, 2.75) is 51.0 Å². The van der Waals surface area contributed by atoms with E-state index in [2.05, 4.69) is 0 Å². The normalized spacial score (nSPS) is 24.7. The maximum absolute atomic E-state index is 11.2. The molecule has 0 radical (unpaired) electrons. The zero-order valence-electron chi connectivity index (χ0n) is 11.1. The summed E-state index contributed by atoms with van der Waals surface area (Å²) in [5, 5.41) is 9.19. The van der Waals surface area contributed by atoms with E-state index >= 15 is 0 Å². The van der Waals surface area contributed by atoms with Gasteiger partial charge in [0.1, 0.15) is 17.4 Å². The largest absolute Gasteiger partial charge is 0.489 e. The Balaban J connectivity index is 1.77. The van der Waals surface area contributed by atoms with E-state index in [1.165, 1.54) is 38.5 Å². The molecule has 3 rings (SSSR count). The molecule has 0 bridgehead atoms. The molecule has 19 heavy (non-hydrogen) atoms. The van der Waals surface area contributed by atoms with E-state index in [1.807, 2.05) is 6.07 Å². The van der Waals surface area contributed by atoms with Crippen LogP contribution in [-0.4, -0.2) is 17.2 Å². The Morgan fingerprint density at radius 2 is 1.89 bits per heavy atom. The van der Waals surface area contributed by atoms with Crippen molar-refractivity contribution in [3.8, 4) is 5.75 Å². The second-order valence-electron chi connectivity index (χ2n) is 5.87. The maximum Gasteiger partial charge on any atom is 0.339 e. The van der Waals surface area contributed by atoms with Gasteiger partial charge in [-0.2, -0.15) is 0 Å². The van der Waals surface area contributed by atoms with E-state index in [0.29, 0.717) is 11.2 Å². The zero-order chi connectivity index (χ0) is 13.3. The van der Waals surface area contributed by atoms with Gasteiger partial charge in [0.05, 0.1) is 0 Å². The van der Waals surface area contributed by atoms with Gasteiger partial charge in [-0.15, -0.1) is 0 Å². The van der Waals surface area contributed by atoms with Crippen LogP contribution in [0.25, 0.3) is 0 Å². The first kappa shape index (κ1) is 12.5. The zero-order valence-corrected chi connectivity index (χ0v) is 11.1. The van der Waals surface area contributed by atoms with Crippen molar-refractivity contribution >= 4 is 5.97 Å². The van der Waals surface area contributed by atoms with E-state index in [1.54, 1.807) is 18.2 Å². The summed E-state index contributed by atoms with van der Waals surface area (Å²) in [6.07, 6.45) is 8.93. The first-order chi connectivity index (χ1) is 9.21. The number of carboxylic acids is 1. The third kappa shape index (κ3) is 2.22. The molecule has 1 aromatic carbocycles. The van der Waals surface area contributed by atoms with E-state index in [0.717, 1.165) is 6.42 Å². The van der Waals surface area contributed by atoms with Crippen LogP contribution in [0.3, 0.4) is 0 Å². The third-order valence-electron chi connectivity index (χ3n) is 4.82. The van der Waals surface area contributed by atoms with Crippen LogP contribution in [0.1, 0.15) is 55.3 Å². The number of carboxylic acid groups (broad SMARTS) is 1. The van der Waals surface area contributed by atoms with Gasteiger partial charge < -0.3 is 9.84 Å². The molecule has 2 aliphatic rings. The van der Waals surface area contributed by atoms with Gasteiger partial charge in [-0.1, -0.05) is 31.4 Å². The van der Waals surface area contributed by atoms with Gasteiger partial charge in [0.2, 0.25) is 0 Å². The molecule has 1 atom stereocenters. The van der Waals surface area contributed by atoms with Crippen LogP contribution in [-0.2, 0) is 0 Å². The highest BCUT2D eigenvalue weighted by molar-refractivity contribution is 5.90. The predicted octanol–water partition coefficient (Wildman–Crippen LogP) is 3.88. The van der Waals surface area contributed by atoms with Crippen molar-refractivity contribution in [3.05, 3.63) is 29.8 Å². The Bertz CT molecular complexity index is 475. The highest BCUT2D eigenvalue weighted by atomic mass is 16.5. The van der Waals surface area contributed by atoms with Crippen LogP contribution in [0.2, 0.25) is 0 Å². The molecular weight excluding hydrogens is 240 g/mol. The molecule has 0 aliphatic heterocycles. The van der Waals surface area contributed by atoms with Gasteiger partial charge in [0, 0.05) is 5.41 Å². The van der Waals surface area contributed by atoms with Crippen molar-refractivity contribution in [1.82, 2.24) is 0 Å². The first-order valence-electron chi connectivity index (χ1n) is 7.20. The lowest BCUT2D eigenvalue weighted by Gasteiger charge is -2.51.